The summed E-state index contributed by atoms with van der Waals surface area (Å²) in [5.41, 5.74) is 4.27. The van der Waals surface area contributed by atoms with E-state index >= 15 is 0 Å². The largest absolute Gasteiger partial charge is 0.366 e. The first kappa shape index (κ1) is 15.9. The first-order valence-corrected chi connectivity index (χ1v) is 7.71. The molecule has 3 aromatic rings. The molecule has 0 aliphatic heterocycles. The zero-order chi connectivity index (χ0) is 17.3. The van der Waals surface area contributed by atoms with E-state index in [1.807, 2.05) is 43.9 Å². The number of nitrogens with one attached hydrogen (secondary N) is 2. The number of hydrogen-bond donors (Lipinski definition) is 2. The second kappa shape index (κ2) is 6.27. The van der Waals surface area contributed by atoms with Gasteiger partial charge in [-0.3, -0.25) is 9.48 Å². The highest BCUT2D eigenvalue weighted by molar-refractivity contribution is 5.56. The minimum absolute atomic E-state index is 0.119. The number of H-pyrrole nitrogens is 1. The van der Waals surface area contributed by atoms with Crippen LogP contribution in [0.4, 0.5) is 5.82 Å². The number of rotatable bonds is 4. The van der Waals surface area contributed by atoms with E-state index in [4.69, 9.17) is 0 Å². The number of pyridine rings is 1. The van der Waals surface area contributed by atoms with Gasteiger partial charge in [-0.25, -0.2) is 9.97 Å². The summed E-state index contributed by atoms with van der Waals surface area (Å²) < 4.78 is 1.84. The summed E-state index contributed by atoms with van der Waals surface area (Å²) in [6.45, 7) is 6.28. The van der Waals surface area contributed by atoms with Gasteiger partial charge in [0.2, 0.25) is 0 Å². The van der Waals surface area contributed by atoms with Gasteiger partial charge >= 0.3 is 0 Å². The van der Waals surface area contributed by atoms with Gasteiger partial charge in [-0.15, -0.1) is 0 Å². The molecule has 0 saturated carbocycles. The summed E-state index contributed by atoms with van der Waals surface area (Å²) in [5.74, 6) is 1.29. The van der Waals surface area contributed by atoms with E-state index in [1.54, 1.807) is 13.1 Å². The molecule has 0 spiro atoms. The fraction of sp³-hybridized carbons (Fsp3) is 0.294. The van der Waals surface area contributed by atoms with Gasteiger partial charge in [-0.1, -0.05) is 0 Å². The lowest BCUT2D eigenvalue weighted by molar-refractivity contribution is 0.738. The molecule has 24 heavy (non-hydrogen) atoms. The van der Waals surface area contributed by atoms with Crippen LogP contribution in [0.5, 0.6) is 0 Å². The average Bonchev–Trinajstić information content (AvgIpc) is 2.90. The van der Waals surface area contributed by atoms with Crippen LogP contribution >= 0.6 is 0 Å². The van der Waals surface area contributed by atoms with Crippen LogP contribution in [-0.2, 0) is 13.6 Å². The first-order chi connectivity index (χ1) is 11.5. The highest BCUT2D eigenvalue weighted by atomic mass is 16.1. The molecule has 3 aromatic heterocycles. The Kier molecular flexibility index (Phi) is 4.16. The number of anilines is 1. The van der Waals surface area contributed by atoms with Crippen LogP contribution in [0.15, 0.2) is 29.3 Å². The van der Waals surface area contributed by atoms with Crippen molar-refractivity contribution in [2.75, 3.05) is 5.32 Å². The highest BCUT2D eigenvalue weighted by Gasteiger charge is 2.07. The molecule has 124 valence electrons. The van der Waals surface area contributed by atoms with Gasteiger partial charge in [-0.05, 0) is 32.9 Å². The van der Waals surface area contributed by atoms with Crippen LogP contribution in [0, 0.1) is 20.8 Å². The Balaban J connectivity index is 1.76. The summed E-state index contributed by atoms with van der Waals surface area (Å²) in [6.07, 6.45) is 3.55. The van der Waals surface area contributed by atoms with E-state index in [-0.39, 0.29) is 5.56 Å². The molecule has 0 fully saturated rings. The van der Waals surface area contributed by atoms with Crippen molar-refractivity contribution in [1.29, 1.82) is 0 Å². The Morgan fingerprint density at radius 2 is 2.00 bits per heavy atom. The van der Waals surface area contributed by atoms with Crippen LogP contribution in [0.25, 0.3) is 11.4 Å². The quantitative estimate of drug-likeness (QED) is 0.767. The lowest BCUT2D eigenvalue weighted by atomic mass is 10.2. The molecule has 0 aromatic carbocycles. The molecule has 0 radical (unpaired) electrons. The summed E-state index contributed by atoms with van der Waals surface area (Å²) in [6, 6.07) is 3.76. The second-order valence-electron chi connectivity index (χ2n) is 5.79. The molecule has 0 aliphatic carbocycles. The number of aryl methyl sites for hydroxylation is 2. The molecule has 0 aliphatic rings. The average molecular weight is 324 g/mol. The van der Waals surface area contributed by atoms with Gasteiger partial charge in [0, 0.05) is 47.9 Å². The van der Waals surface area contributed by atoms with Crippen molar-refractivity contribution in [3.63, 3.8) is 0 Å². The van der Waals surface area contributed by atoms with E-state index in [0.29, 0.717) is 17.9 Å². The third kappa shape index (κ3) is 3.05. The third-order valence-electron chi connectivity index (χ3n) is 4.23. The maximum Gasteiger partial charge on any atom is 0.254 e. The first-order valence-electron chi connectivity index (χ1n) is 7.71. The molecule has 0 saturated heterocycles. The highest BCUT2D eigenvalue weighted by Crippen LogP contribution is 2.16. The molecule has 3 rings (SSSR count). The SMILES string of the molecule is Cc1nc(-c2ccc(NCc3cnn(C)c3C)nc2)[nH]c(=O)c1C. The molecule has 3 heterocycles. The standard InChI is InChI=1S/C17H20N6O/c1-10-11(2)21-16(22-17(10)24)13-5-6-15(18-7-13)19-8-14-9-20-23(4)12(14)3/h5-7,9H,8H2,1-4H3,(H,18,19)(H,21,22,24). The zero-order valence-corrected chi connectivity index (χ0v) is 14.2. The lowest BCUT2D eigenvalue weighted by Crippen LogP contribution is -2.14. The Labute approximate surface area is 139 Å². The van der Waals surface area contributed by atoms with Crippen LogP contribution in [-0.4, -0.2) is 24.7 Å². The molecule has 2 N–H and O–H groups in total. The van der Waals surface area contributed by atoms with Crippen molar-refractivity contribution in [2.45, 2.75) is 27.3 Å². The molecular weight excluding hydrogens is 304 g/mol. The molecule has 0 atom stereocenters. The Bertz CT molecular complexity index is 923. The Morgan fingerprint density at radius 3 is 2.58 bits per heavy atom. The van der Waals surface area contributed by atoms with Gasteiger partial charge in [0.05, 0.1) is 6.20 Å². The topological polar surface area (TPSA) is 88.5 Å². The summed E-state index contributed by atoms with van der Waals surface area (Å²) in [5, 5.41) is 7.49. The molecule has 7 heteroatoms. The van der Waals surface area contributed by atoms with Crippen molar-refractivity contribution >= 4 is 5.82 Å². The van der Waals surface area contributed by atoms with Gasteiger partial charge in [0.1, 0.15) is 11.6 Å². The van der Waals surface area contributed by atoms with Crippen LogP contribution < -0.4 is 10.9 Å². The van der Waals surface area contributed by atoms with E-state index in [1.165, 1.54) is 0 Å². The summed E-state index contributed by atoms with van der Waals surface area (Å²) in [7, 11) is 1.92. The van der Waals surface area contributed by atoms with Gasteiger partial charge in [0.15, 0.2) is 0 Å². The van der Waals surface area contributed by atoms with E-state index in [2.05, 4.69) is 25.4 Å². The Morgan fingerprint density at radius 1 is 1.21 bits per heavy atom. The predicted octanol–water partition coefficient (Wildman–Crippen LogP) is 2.10. The second-order valence-corrected chi connectivity index (χ2v) is 5.79. The van der Waals surface area contributed by atoms with Crippen LogP contribution in [0.1, 0.15) is 22.5 Å². The van der Waals surface area contributed by atoms with Crippen molar-refractivity contribution in [1.82, 2.24) is 24.7 Å². The van der Waals surface area contributed by atoms with Gasteiger partial charge < -0.3 is 10.3 Å². The number of aromatic amines is 1. The molecular formula is C17H20N6O. The summed E-state index contributed by atoms with van der Waals surface area (Å²) >= 11 is 0. The van der Waals surface area contributed by atoms with Crippen molar-refractivity contribution in [3.05, 3.63) is 57.4 Å². The monoisotopic (exact) mass is 324 g/mol. The smallest absolute Gasteiger partial charge is 0.254 e. The zero-order valence-electron chi connectivity index (χ0n) is 14.2. The third-order valence-corrected chi connectivity index (χ3v) is 4.23. The van der Waals surface area contributed by atoms with Gasteiger partial charge in [-0.2, -0.15) is 5.10 Å². The minimum atomic E-state index is -0.119. The molecule has 0 bridgehead atoms. The number of nitrogens with zero attached hydrogens (tertiary/aromatic N) is 4. The van der Waals surface area contributed by atoms with Crippen molar-refractivity contribution in [3.8, 4) is 11.4 Å². The van der Waals surface area contributed by atoms with Crippen LogP contribution in [0.2, 0.25) is 0 Å². The van der Waals surface area contributed by atoms with Crippen molar-refractivity contribution < 1.29 is 0 Å². The minimum Gasteiger partial charge on any atom is -0.366 e. The molecule has 0 amide bonds. The van der Waals surface area contributed by atoms with E-state index in [0.717, 1.165) is 28.3 Å². The predicted molar refractivity (Wildman–Crippen MR) is 92.8 cm³/mol. The fourth-order valence-corrected chi connectivity index (χ4v) is 2.32. The van der Waals surface area contributed by atoms with E-state index in [9.17, 15) is 4.79 Å². The van der Waals surface area contributed by atoms with Crippen LogP contribution in [0.3, 0.4) is 0 Å². The maximum atomic E-state index is 11.9. The number of hydrogen-bond acceptors (Lipinski definition) is 5. The normalized spacial score (nSPS) is 10.8. The maximum absolute atomic E-state index is 11.9. The van der Waals surface area contributed by atoms with Crippen molar-refractivity contribution in [2.24, 2.45) is 7.05 Å². The summed E-state index contributed by atoms with van der Waals surface area (Å²) in [4.78, 5) is 23.4. The van der Waals surface area contributed by atoms with Gasteiger partial charge in [0.25, 0.3) is 5.56 Å². The van der Waals surface area contributed by atoms with E-state index < -0.39 is 0 Å². The molecule has 0 unspecified atom stereocenters. The fourth-order valence-electron chi connectivity index (χ4n) is 2.32. The Hall–Kier alpha value is -2.96. The number of aromatic nitrogens is 5. The molecule has 7 nitrogen and oxygen atoms in total. The lowest BCUT2D eigenvalue weighted by Gasteiger charge is -2.07.